The van der Waals surface area contributed by atoms with E-state index in [-0.39, 0.29) is 0 Å². The van der Waals surface area contributed by atoms with Crippen LogP contribution >= 0.6 is 8.07 Å². The maximum atomic E-state index is 6.42. The second-order valence-corrected chi connectivity index (χ2v) is 5.83. The second-order valence-electron chi connectivity index (χ2n) is 4.13. The molecule has 0 aromatic heterocycles. The summed E-state index contributed by atoms with van der Waals surface area (Å²) in [6.07, 6.45) is 2.23. The van der Waals surface area contributed by atoms with E-state index in [0.29, 0.717) is 0 Å². The number of benzene rings is 2. The van der Waals surface area contributed by atoms with E-state index in [2.05, 4.69) is 48.5 Å². The van der Waals surface area contributed by atoms with Crippen LogP contribution in [0.2, 0.25) is 0 Å². The summed E-state index contributed by atoms with van der Waals surface area (Å²) in [6, 6.07) is 17.2. The van der Waals surface area contributed by atoms with Crippen LogP contribution in [-0.4, -0.2) is 0 Å². The highest BCUT2D eigenvalue weighted by molar-refractivity contribution is 7.71. The summed E-state index contributed by atoms with van der Waals surface area (Å²) in [7, 11) is -0.650. The highest BCUT2D eigenvalue weighted by Gasteiger charge is 2.19. The molecular weight excluding hydrogens is 213 g/mol. The first-order valence-corrected chi connectivity index (χ1v) is 6.98. The number of fused-ring (bicyclic) bond motifs is 2. The monoisotopic (exact) mass is 227 g/mol. The molecule has 1 aliphatic heterocycles. The quantitative estimate of drug-likeness (QED) is 0.685. The molecule has 2 aromatic carbocycles. The van der Waals surface area contributed by atoms with Crippen molar-refractivity contribution in [2.45, 2.75) is 12.8 Å². The number of nitrogens with two attached hydrogens (primary N) is 1. The van der Waals surface area contributed by atoms with Crippen LogP contribution in [-0.2, 0) is 12.8 Å². The van der Waals surface area contributed by atoms with Crippen molar-refractivity contribution in [1.82, 2.24) is 0 Å². The van der Waals surface area contributed by atoms with Crippen LogP contribution in [0.3, 0.4) is 0 Å². The van der Waals surface area contributed by atoms with E-state index in [1.54, 1.807) is 0 Å². The van der Waals surface area contributed by atoms with Crippen LogP contribution < -0.4 is 16.1 Å². The number of hydrogen-bond donors (Lipinski definition) is 1. The molecule has 1 nitrogen and oxygen atoms in total. The summed E-state index contributed by atoms with van der Waals surface area (Å²) in [5.41, 5.74) is 9.27. The molecule has 16 heavy (non-hydrogen) atoms. The van der Waals surface area contributed by atoms with Crippen LogP contribution in [0.15, 0.2) is 48.5 Å². The lowest BCUT2D eigenvalue weighted by molar-refractivity contribution is 0.977. The summed E-state index contributed by atoms with van der Waals surface area (Å²) in [6.45, 7) is 0. The Labute approximate surface area is 97.1 Å². The van der Waals surface area contributed by atoms with Gasteiger partial charge in [0, 0.05) is 8.07 Å². The normalized spacial score (nSPS) is 15.1. The molecule has 0 bridgehead atoms. The predicted molar refractivity (Wildman–Crippen MR) is 70.7 cm³/mol. The Balaban J connectivity index is 2.18. The highest BCUT2D eigenvalue weighted by atomic mass is 31.1. The van der Waals surface area contributed by atoms with Crippen molar-refractivity contribution < 1.29 is 0 Å². The van der Waals surface area contributed by atoms with Gasteiger partial charge in [-0.25, -0.2) is 0 Å². The lowest BCUT2D eigenvalue weighted by atomic mass is 10.0. The fourth-order valence-electron chi connectivity index (χ4n) is 2.31. The van der Waals surface area contributed by atoms with Gasteiger partial charge in [-0.2, -0.15) is 0 Å². The standard InChI is InChI=1S/C14H14NP/c15-16-13-7-3-1-5-11(13)9-10-12-6-2-4-8-14(12)16/h1-8H,9-10,15H2. The van der Waals surface area contributed by atoms with E-state index in [9.17, 15) is 0 Å². The van der Waals surface area contributed by atoms with Crippen LogP contribution in [0.1, 0.15) is 11.1 Å². The van der Waals surface area contributed by atoms with E-state index in [1.165, 1.54) is 21.7 Å². The Morgan fingerprint density at radius 2 is 1.19 bits per heavy atom. The summed E-state index contributed by atoms with van der Waals surface area (Å²) in [4.78, 5) is 0. The van der Waals surface area contributed by atoms with Gasteiger partial charge >= 0.3 is 0 Å². The smallest absolute Gasteiger partial charge is 0.0231 e. The van der Waals surface area contributed by atoms with Gasteiger partial charge in [0.25, 0.3) is 0 Å². The Kier molecular flexibility index (Phi) is 2.51. The Morgan fingerprint density at radius 3 is 1.69 bits per heavy atom. The molecule has 80 valence electrons. The van der Waals surface area contributed by atoms with Crippen molar-refractivity contribution in [2.75, 3.05) is 0 Å². The van der Waals surface area contributed by atoms with Gasteiger partial charge in [0.1, 0.15) is 0 Å². The molecule has 1 heterocycles. The topological polar surface area (TPSA) is 26.0 Å². The Morgan fingerprint density at radius 1 is 0.750 bits per heavy atom. The van der Waals surface area contributed by atoms with Crippen molar-refractivity contribution >= 4 is 18.7 Å². The molecule has 0 fully saturated rings. The van der Waals surface area contributed by atoms with Crippen LogP contribution in [0.25, 0.3) is 0 Å². The lowest BCUT2D eigenvalue weighted by Crippen LogP contribution is -2.19. The first-order valence-electron chi connectivity index (χ1n) is 5.57. The molecule has 0 radical (unpaired) electrons. The minimum Gasteiger partial charge on any atom is -0.302 e. The average Bonchev–Trinajstić information content (AvgIpc) is 2.49. The minimum atomic E-state index is -0.650. The molecule has 0 saturated heterocycles. The van der Waals surface area contributed by atoms with E-state index in [1.807, 2.05) is 0 Å². The molecule has 0 aliphatic carbocycles. The third-order valence-electron chi connectivity index (χ3n) is 3.17. The van der Waals surface area contributed by atoms with Crippen molar-refractivity contribution in [3.05, 3.63) is 59.7 Å². The van der Waals surface area contributed by atoms with Gasteiger partial charge in [-0.3, -0.25) is 0 Å². The van der Waals surface area contributed by atoms with Gasteiger partial charge in [0.05, 0.1) is 0 Å². The third kappa shape index (κ3) is 1.57. The molecule has 0 atom stereocenters. The summed E-state index contributed by atoms with van der Waals surface area (Å²) < 4.78 is 0. The van der Waals surface area contributed by atoms with Crippen molar-refractivity contribution in [2.24, 2.45) is 5.50 Å². The van der Waals surface area contributed by atoms with Crippen LogP contribution in [0.5, 0.6) is 0 Å². The van der Waals surface area contributed by atoms with Gasteiger partial charge in [-0.1, -0.05) is 48.5 Å². The summed E-state index contributed by atoms with van der Waals surface area (Å²) in [5.74, 6) is 0. The summed E-state index contributed by atoms with van der Waals surface area (Å²) >= 11 is 0. The molecule has 0 saturated carbocycles. The number of rotatable bonds is 0. The highest BCUT2D eigenvalue weighted by Crippen LogP contribution is 2.30. The zero-order valence-electron chi connectivity index (χ0n) is 9.06. The van der Waals surface area contributed by atoms with Gasteiger partial charge < -0.3 is 5.50 Å². The fourth-order valence-corrected chi connectivity index (χ4v) is 4.06. The maximum absolute atomic E-state index is 6.42. The molecule has 2 heteroatoms. The molecule has 2 N–H and O–H groups in total. The van der Waals surface area contributed by atoms with Crippen molar-refractivity contribution in [1.29, 1.82) is 0 Å². The maximum Gasteiger partial charge on any atom is 0.0231 e. The largest absolute Gasteiger partial charge is 0.302 e. The van der Waals surface area contributed by atoms with E-state index < -0.39 is 8.07 Å². The third-order valence-corrected chi connectivity index (χ3v) is 5.08. The molecular formula is C14H14NP. The molecule has 3 rings (SSSR count). The zero-order chi connectivity index (χ0) is 11.0. The van der Waals surface area contributed by atoms with Crippen LogP contribution in [0, 0.1) is 0 Å². The first-order chi connectivity index (χ1) is 7.86. The summed E-state index contributed by atoms with van der Waals surface area (Å²) in [5, 5.41) is 2.70. The predicted octanol–water partition coefficient (Wildman–Crippen LogP) is 2.09. The van der Waals surface area contributed by atoms with E-state index >= 15 is 0 Å². The Bertz CT molecular complexity index is 474. The number of aryl methyl sites for hydroxylation is 2. The van der Waals surface area contributed by atoms with Gasteiger partial charge in [-0.05, 0) is 34.6 Å². The zero-order valence-corrected chi connectivity index (χ0v) is 9.95. The Hall–Kier alpha value is -1.17. The average molecular weight is 227 g/mol. The van der Waals surface area contributed by atoms with E-state index in [4.69, 9.17) is 5.50 Å². The molecule has 0 unspecified atom stereocenters. The van der Waals surface area contributed by atoms with Gasteiger partial charge in [-0.15, -0.1) is 0 Å². The van der Waals surface area contributed by atoms with Gasteiger partial charge in [0.2, 0.25) is 0 Å². The minimum absolute atomic E-state index is 0.650. The number of hydrogen-bond acceptors (Lipinski definition) is 1. The molecule has 2 aromatic rings. The SMILES string of the molecule is NP1c2ccccc2CCc2ccccc21. The molecule has 0 amide bonds. The van der Waals surface area contributed by atoms with Crippen molar-refractivity contribution in [3.63, 3.8) is 0 Å². The van der Waals surface area contributed by atoms with E-state index in [0.717, 1.165) is 12.8 Å². The molecule has 0 spiro atoms. The second kappa shape index (κ2) is 4.01. The first kappa shape index (κ1) is 10.0. The van der Waals surface area contributed by atoms with Crippen molar-refractivity contribution in [3.8, 4) is 0 Å². The molecule has 1 aliphatic rings. The fraction of sp³-hybridized carbons (Fsp3) is 0.143. The van der Waals surface area contributed by atoms with Gasteiger partial charge in [0.15, 0.2) is 0 Å². The lowest BCUT2D eigenvalue weighted by Gasteiger charge is -2.14. The van der Waals surface area contributed by atoms with Crippen LogP contribution in [0.4, 0.5) is 0 Å².